The highest BCUT2D eigenvalue weighted by molar-refractivity contribution is 7.14. The van der Waals surface area contributed by atoms with Crippen molar-refractivity contribution >= 4 is 17.3 Å². The Balaban J connectivity index is 0.000000791. The van der Waals surface area contributed by atoms with Gasteiger partial charge in [-0.1, -0.05) is 13.8 Å². The summed E-state index contributed by atoms with van der Waals surface area (Å²) in [5, 5.41) is 0.611. The minimum Gasteiger partial charge on any atom is -0.487 e. The lowest BCUT2D eigenvalue weighted by atomic mass is 10.3. The molecule has 3 nitrogen and oxygen atoms in total. The first-order valence-electron chi connectivity index (χ1n) is 4.41. The molecule has 0 unspecified atom stereocenters. The maximum atomic E-state index is 11.1. The highest BCUT2D eigenvalue weighted by Gasteiger charge is 2.15. The van der Waals surface area contributed by atoms with Crippen LogP contribution in [0.4, 0.5) is 0 Å². The van der Waals surface area contributed by atoms with Gasteiger partial charge in [-0.25, -0.2) is 4.79 Å². The highest BCUT2D eigenvalue weighted by atomic mass is 32.1. The SMILES string of the molecule is CC.COC(=O)c1cc(C)sc1OC. The van der Waals surface area contributed by atoms with E-state index in [0.29, 0.717) is 10.6 Å². The summed E-state index contributed by atoms with van der Waals surface area (Å²) >= 11 is 1.43. The number of carbonyl (C=O) groups is 1. The summed E-state index contributed by atoms with van der Waals surface area (Å²) in [6, 6.07) is 1.76. The molecule has 0 bridgehead atoms. The molecule has 0 aromatic carbocycles. The Labute approximate surface area is 88.7 Å². The summed E-state index contributed by atoms with van der Waals surface area (Å²) in [5.74, 6) is -0.351. The van der Waals surface area contributed by atoms with Crippen molar-refractivity contribution in [1.82, 2.24) is 0 Å². The van der Waals surface area contributed by atoms with Gasteiger partial charge < -0.3 is 9.47 Å². The van der Waals surface area contributed by atoms with Gasteiger partial charge in [-0.05, 0) is 13.0 Å². The van der Waals surface area contributed by atoms with Crippen LogP contribution in [0, 0.1) is 6.92 Å². The Morgan fingerprint density at radius 1 is 1.36 bits per heavy atom. The fourth-order valence-electron chi connectivity index (χ4n) is 0.897. The van der Waals surface area contributed by atoms with Crippen molar-refractivity contribution in [3.63, 3.8) is 0 Å². The maximum Gasteiger partial charge on any atom is 0.342 e. The molecule has 0 saturated heterocycles. The van der Waals surface area contributed by atoms with Crippen molar-refractivity contribution < 1.29 is 14.3 Å². The molecule has 4 heteroatoms. The molecule has 1 heterocycles. The van der Waals surface area contributed by atoms with E-state index in [2.05, 4.69) is 4.74 Å². The van der Waals surface area contributed by atoms with Crippen molar-refractivity contribution in [2.24, 2.45) is 0 Å². The van der Waals surface area contributed by atoms with Crippen molar-refractivity contribution in [2.45, 2.75) is 20.8 Å². The monoisotopic (exact) mass is 216 g/mol. The van der Waals surface area contributed by atoms with Crippen LogP contribution in [0.25, 0.3) is 0 Å². The van der Waals surface area contributed by atoms with Gasteiger partial charge in [0.2, 0.25) is 0 Å². The summed E-state index contributed by atoms with van der Waals surface area (Å²) in [6.07, 6.45) is 0. The van der Waals surface area contributed by atoms with E-state index in [4.69, 9.17) is 4.74 Å². The number of esters is 1. The van der Waals surface area contributed by atoms with Crippen LogP contribution in [0.2, 0.25) is 0 Å². The molecular formula is C10H16O3S. The molecule has 1 rings (SSSR count). The molecule has 0 atom stereocenters. The average Bonchev–Trinajstić information content (AvgIpc) is 2.61. The molecule has 0 aliphatic rings. The zero-order chi connectivity index (χ0) is 11.1. The van der Waals surface area contributed by atoms with E-state index in [-0.39, 0.29) is 5.97 Å². The molecule has 80 valence electrons. The van der Waals surface area contributed by atoms with Gasteiger partial charge in [0, 0.05) is 4.88 Å². The van der Waals surface area contributed by atoms with Crippen LogP contribution in [0.15, 0.2) is 6.07 Å². The minimum atomic E-state index is -0.351. The molecule has 14 heavy (non-hydrogen) atoms. The maximum absolute atomic E-state index is 11.1. The second-order valence-electron chi connectivity index (χ2n) is 2.25. The topological polar surface area (TPSA) is 35.5 Å². The van der Waals surface area contributed by atoms with Crippen molar-refractivity contribution in [1.29, 1.82) is 0 Å². The molecule has 0 aliphatic heterocycles. The first-order chi connectivity index (χ1) is 6.69. The van der Waals surface area contributed by atoms with Gasteiger partial charge in [-0.3, -0.25) is 0 Å². The van der Waals surface area contributed by atoms with E-state index in [1.54, 1.807) is 6.07 Å². The Morgan fingerprint density at radius 3 is 2.36 bits per heavy atom. The van der Waals surface area contributed by atoms with Crippen LogP contribution >= 0.6 is 11.3 Å². The van der Waals surface area contributed by atoms with Gasteiger partial charge in [0.25, 0.3) is 0 Å². The second-order valence-corrected chi connectivity index (χ2v) is 3.47. The Hall–Kier alpha value is -1.03. The van der Waals surface area contributed by atoms with Gasteiger partial charge in [-0.2, -0.15) is 0 Å². The van der Waals surface area contributed by atoms with Gasteiger partial charge in [-0.15, -0.1) is 11.3 Å². The van der Waals surface area contributed by atoms with E-state index in [9.17, 15) is 4.79 Å². The zero-order valence-corrected chi connectivity index (χ0v) is 10.0. The minimum absolute atomic E-state index is 0.351. The number of thiophene rings is 1. The number of aryl methyl sites for hydroxylation is 1. The van der Waals surface area contributed by atoms with Gasteiger partial charge in [0.05, 0.1) is 14.2 Å². The predicted octanol–water partition coefficient (Wildman–Crippen LogP) is 2.88. The molecule has 0 fully saturated rings. The smallest absolute Gasteiger partial charge is 0.342 e. The average molecular weight is 216 g/mol. The lowest BCUT2D eigenvalue weighted by Crippen LogP contribution is -2.00. The third-order valence-corrected chi connectivity index (χ3v) is 2.42. The Bertz CT molecular complexity index is 292. The first kappa shape index (κ1) is 13.0. The summed E-state index contributed by atoms with van der Waals surface area (Å²) < 4.78 is 9.59. The first-order valence-corrected chi connectivity index (χ1v) is 5.23. The fraction of sp³-hybridized carbons (Fsp3) is 0.500. The van der Waals surface area contributed by atoms with Crippen LogP contribution in [-0.2, 0) is 4.74 Å². The van der Waals surface area contributed by atoms with E-state index in [0.717, 1.165) is 4.88 Å². The Kier molecular flexibility index (Phi) is 5.95. The van der Waals surface area contributed by atoms with Crippen LogP contribution in [0.1, 0.15) is 29.1 Å². The molecule has 1 aromatic rings. The number of methoxy groups -OCH3 is 2. The van der Waals surface area contributed by atoms with Crippen molar-refractivity contribution in [3.8, 4) is 5.06 Å². The molecule has 0 amide bonds. The fourth-order valence-corrected chi connectivity index (χ4v) is 1.70. The molecule has 1 aromatic heterocycles. The van der Waals surface area contributed by atoms with Gasteiger partial charge >= 0.3 is 5.97 Å². The van der Waals surface area contributed by atoms with E-state index >= 15 is 0 Å². The third-order valence-electron chi connectivity index (χ3n) is 1.41. The second kappa shape index (κ2) is 6.43. The number of carbonyl (C=O) groups excluding carboxylic acids is 1. The zero-order valence-electron chi connectivity index (χ0n) is 9.21. The van der Waals surface area contributed by atoms with Gasteiger partial charge in [0.1, 0.15) is 5.56 Å². The quantitative estimate of drug-likeness (QED) is 0.713. The van der Waals surface area contributed by atoms with E-state index in [1.165, 1.54) is 25.6 Å². The summed E-state index contributed by atoms with van der Waals surface area (Å²) in [5.41, 5.74) is 0.502. The van der Waals surface area contributed by atoms with Crippen LogP contribution in [0.3, 0.4) is 0 Å². The number of ether oxygens (including phenoxy) is 2. The molecule has 0 N–H and O–H groups in total. The van der Waals surface area contributed by atoms with E-state index < -0.39 is 0 Å². The Morgan fingerprint density at radius 2 is 1.93 bits per heavy atom. The lowest BCUT2D eigenvalue weighted by Gasteiger charge is -1.98. The number of hydrogen-bond donors (Lipinski definition) is 0. The number of rotatable bonds is 2. The molecule has 0 aliphatic carbocycles. The molecule has 0 saturated carbocycles. The summed E-state index contributed by atoms with van der Waals surface area (Å²) in [6.45, 7) is 5.92. The number of hydrogen-bond acceptors (Lipinski definition) is 4. The summed E-state index contributed by atoms with van der Waals surface area (Å²) in [7, 11) is 2.90. The predicted molar refractivity (Wildman–Crippen MR) is 58.3 cm³/mol. The molecule has 0 radical (unpaired) electrons. The molecular weight excluding hydrogens is 200 g/mol. The largest absolute Gasteiger partial charge is 0.487 e. The van der Waals surface area contributed by atoms with Gasteiger partial charge in [0.15, 0.2) is 5.06 Å². The molecule has 0 spiro atoms. The third kappa shape index (κ3) is 3.03. The lowest BCUT2D eigenvalue weighted by molar-refractivity contribution is 0.0598. The highest BCUT2D eigenvalue weighted by Crippen LogP contribution is 2.29. The van der Waals surface area contributed by atoms with Crippen LogP contribution in [-0.4, -0.2) is 20.2 Å². The van der Waals surface area contributed by atoms with Crippen molar-refractivity contribution in [2.75, 3.05) is 14.2 Å². The van der Waals surface area contributed by atoms with Crippen LogP contribution in [0.5, 0.6) is 5.06 Å². The summed E-state index contributed by atoms with van der Waals surface area (Å²) in [4.78, 5) is 12.1. The van der Waals surface area contributed by atoms with Crippen LogP contribution < -0.4 is 4.74 Å². The van der Waals surface area contributed by atoms with Crippen molar-refractivity contribution in [3.05, 3.63) is 16.5 Å². The normalized spacial score (nSPS) is 8.64. The standard InChI is InChI=1S/C8H10O3S.C2H6/c1-5-4-6(7(9)10-2)8(11-3)12-5;1-2/h4H,1-3H3;1-2H3. The van der Waals surface area contributed by atoms with E-state index in [1.807, 2.05) is 20.8 Å².